The first kappa shape index (κ1) is 23.3. The molecule has 0 saturated carbocycles. The van der Waals surface area contributed by atoms with E-state index < -0.39 is 0 Å². The number of rotatable bonds is 6. The minimum atomic E-state index is -0.294. The Bertz CT molecular complexity index is 1030. The number of hydrogen-bond donors (Lipinski definition) is 0. The Morgan fingerprint density at radius 2 is 1.36 bits per heavy atom. The van der Waals surface area contributed by atoms with Crippen LogP contribution in [0.25, 0.3) is 0 Å². The van der Waals surface area contributed by atoms with E-state index in [-0.39, 0.29) is 23.6 Å². The highest BCUT2D eigenvalue weighted by Gasteiger charge is 2.28. The average molecular weight is 469 g/mol. The fourth-order valence-electron chi connectivity index (χ4n) is 4.11. The van der Waals surface area contributed by atoms with E-state index in [9.17, 15) is 13.6 Å². The third kappa shape index (κ3) is 5.94. The van der Waals surface area contributed by atoms with Gasteiger partial charge in [0.1, 0.15) is 11.6 Å². The van der Waals surface area contributed by atoms with E-state index in [0.717, 1.165) is 22.5 Å². The molecule has 0 aliphatic carbocycles. The van der Waals surface area contributed by atoms with Crippen LogP contribution in [0.4, 0.5) is 8.78 Å². The number of aryl methyl sites for hydroxylation is 2. The van der Waals surface area contributed by atoms with Crippen LogP contribution in [0.1, 0.15) is 28.6 Å². The summed E-state index contributed by atoms with van der Waals surface area (Å²) in [6, 6.07) is 14.6. The molecule has 4 rings (SSSR count). The van der Waals surface area contributed by atoms with E-state index in [1.165, 1.54) is 36.0 Å². The number of hydrogen-bond acceptors (Lipinski definition) is 5. The second-order valence-corrected chi connectivity index (χ2v) is 9.09. The zero-order valence-electron chi connectivity index (χ0n) is 18.7. The Kier molecular flexibility index (Phi) is 7.35. The summed E-state index contributed by atoms with van der Waals surface area (Å²) in [5.41, 5.74) is 3.65. The van der Waals surface area contributed by atoms with E-state index in [2.05, 4.69) is 14.9 Å². The molecule has 1 aliphatic rings. The molecule has 5 nitrogen and oxygen atoms in total. The Morgan fingerprint density at radius 3 is 1.85 bits per heavy atom. The fourth-order valence-corrected chi connectivity index (χ4v) is 4.96. The van der Waals surface area contributed by atoms with E-state index in [1.807, 2.05) is 24.8 Å². The lowest BCUT2D eigenvalue weighted by atomic mass is 9.96. The van der Waals surface area contributed by atoms with Crippen LogP contribution in [0.5, 0.6) is 0 Å². The van der Waals surface area contributed by atoms with Gasteiger partial charge in [-0.15, -0.1) is 0 Å². The number of piperazine rings is 1. The molecule has 0 radical (unpaired) electrons. The molecule has 0 atom stereocenters. The van der Waals surface area contributed by atoms with Crippen LogP contribution in [0.2, 0.25) is 0 Å². The van der Waals surface area contributed by atoms with Crippen molar-refractivity contribution in [2.24, 2.45) is 0 Å². The highest BCUT2D eigenvalue weighted by atomic mass is 32.2. The van der Waals surface area contributed by atoms with Gasteiger partial charge in [0.15, 0.2) is 5.16 Å². The van der Waals surface area contributed by atoms with Crippen molar-refractivity contribution in [1.82, 2.24) is 19.8 Å². The lowest BCUT2D eigenvalue weighted by Crippen LogP contribution is -2.50. The van der Waals surface area contributed by atoms with Crippen LogP contribution in [0, 0.1) is 25.5 Å². The van der Waals surface area contributed by atoms with Crippen molar-refractivity contribution in [3.63, 3.8) is 0 Å². The normalized spacial score (nSPS) is 14.6. The highest BCUT2D eigenvalue weighted by Crippen LogP contribution is 2.30. The first-order valence-corrected chi connectivity index (χ1v) is 11.9. The monoisotopic (exact) mass is 468 g/mol. The van der Waals surface area contributed by atoms with E-state index in [0.29, 0.717) is 37.1 Å². The second kappa shape index (κ2) is 10.4. The molecule has 2 heterocycles. The molecule has 1 fully saturated rings. The van der Waals surface area contributed by atoms with Gasteiger partial charge in [-0.25, -0.2) is 18.7 Å². The number of carbonyl (C=O) groups excluding carboxylic acids is 1. The number of benzene rings is 2. The number of nitrogens with zero attached hydrogens (tertiary/aromatic N) is 4. The lowest BCUT2D eigenvalue weighted by Gasteiger charge is -2.39. The van der Waals surface area contributed by atoms with Gasteiger partial charge >= 0.3 is 0 Å². The van der Waals surface area contributed by atoms with Gasteiger partial charge < -0.3 is 4.90 Å². The van der Waals surface area contributed by atoms with Gasteiger partial charge in [-0.1, -0.05) is 36.0 Å². The topological polar surface area (TPSA) is 49.3 Å². The van der Waals surface area contributed by atoms with Crippen molar-refractivity contribution in [1.29, 1.82) is 0 Å². The molecule has 1 amide bonds. The third-order valence-corrected chi connectivity index (χ3v) is 6.52. The molecule has 8 heteroatoms. The Morgan fingerprint density at radius 1 is 0.879 bits per heavy atom. The van der Waals surface area contributed by atoms with E-state index in [1.54, 1.807) is 24.3 Å². The molecule has 2 aromatic carbocycles. The summed E-state index contributed by atoms with van der Waals surface area (Å²) >= 11 is 1.36. The van der Waals surface area contributed by atoms with E-state index >= 15 is 0 Å². The predicted molar refractivity (Wildman–Crippen MR) is 125 cm³/mol. The Labute approximate surface area is 196 Å². The molecule has 0 N–H and O–H groups in total. The molecule has 0 bridgehead atoms. The first-order valence-electron chi connectivity index (χ1n) is 10.9. The lowest BCUT2D eigenvalue weighted by molar-refractivity contribution is -0.130. The number of aromatic nitrogens is 2. The van der Waals surface area contributed by atoms with Crippen molar-refractivity contribution in [3.05, 3.63) is 88.7 Å². The third-order valence-electron chi connectivity index (χ3n) is 5.69. The SMILES string of the molecule is Cc1cc(C)nc(SCC(=O)N2CCN(C(c3ccc(F)cc3)c3ccc(F)cc3)CC2)n1. The van der Waals surface area contributed by atoms with Crippen LogP contribution in [0.3, 0.4) is 0 Å². The molecule has 1 aromatic heterocycles. The van der Waals surface area contributed by atoms with Crippen molar-refractivity contribution >= 4 is 17.7 Å². The highest BCUT2D eigenvalue weighted by molar-refractivity contribution is 7.99. The van der Waals surface area contributed by atoms with Crippen LogP contribution in [0.15, 0.2) is 59.8 Å². The molecule has 1 saturated heterocycles. The molecule has 0 spiro atoms. The Hall–Kier alpha value is -2.84. The first-order chi connectivity index (χ1) is 15.9. The van der Waals surface area contributed by atoms with Gasteiger partial charge in [0, 0.05) is 37.6 Å². The standard InChI is InChI=1S/C25H26F2N4OS/c1-17-15-18(2)29-25(28-17)33-16-23(32)30-11-13-31(14-12-30)24(19-3-7-21(26)8-4-19)20-5-9-22(27)10-6-20/h3-10,15,24H,11-14,16H2,1-2H3. The molecule has 0 unspecified atom stereocenters. The minimum absolute atomic E-state index is 0.0579. The summed E-state index contributed by atoms with van der Waals surface area (Å²) in [5, 5.41) is 0.618. The van der Waals surface area contributed by atoms with Crippen LogP contribution < -0.4 is 0 Å². The zero-order valence-corrected chi connectivity index (χ0v) is 19.5. The summed E-state index contributed by atoms with van der Waals surface area (Å²) in [6.07, 6.45) is 0. The average Bonchev–Trinajstić information content (AvgIpc) is 2.80. The largest absolute Gasteiger partial charge is 0.339 e. The van der Waals surface area contributed by atoms with Crippen molar-refractivity contribution < 1.29 is 13.6 Å². The maximum Gasteiger partial charge on any atom is 0.233 e. The summed E-state index contributed by atoms with van der Waals surface area (Å²) in [5.74, 6) is -0.237. The van der Waals surface area contributed by atoms with Gasteiger partial charge in [0.05, 0.1) is 11.8 Å². The molecular weight excluding hydrogens is 442 g/mol. The molecule has 1 aliphatic heterocycles. The second-order valence-electron chi connectivity index (χ2n) is 8.14. The zero-order chi connectivity index (χ0) is 23.4. The number of amides is 1. The van der Waals surface area contributed by atoms with Crippen LogP contribution in [-0.2, 0) is 4.79 Å². The minimum Gasteiger partial charge on any atom is -0.339 e. The van der Waals surface area contributed by atoms with Gasteiger partial charge in [0.2, 0.25) is 5.91 Å². The number of halogens is 2. The molecular formula is C25H26F2N4OS. The van der Waals surface area contributed by atoms with Crippen LogP contribution in [-0.4, -0.2) is 57.6 Å². The van der Waals surface area contributed by atoms with Crippen LogP contribution >= 0.6 is 11.8 Å². The predicted octanol–water partition coefficient (Wildman–Crippen LogP) is 4.40. The molecule has 33 heavy (non-hydrogen) atoms. The van der Waals surface area contributed by atoms with Gasteiger partial charge in [-0.05, 0) is 55.3 Å². The smallest absolute Gasteiger partial charge is 0.233 e. The number of carbonyl (C=O) groups is 1. The summed E-state index contributed by atoms with van der Waals surface area (Å²) in [6.45, 7) is 6.33. The Balaban J connectivity index is 1.42. The van der Waals surface area contributed by atoms with E-state index in [4.69, 9.17) is 0 Å². The fraction of sp³-hybridized carbons (Fsp3) is 0.320. The molecule has 172 valence electrons. The summed E-state index contributed by atoms with van der Waals surface area (Å²) in [7, 11) is 0. The summed E-state index contributed by atoms with van der Waals surface area (Å²) < 4.78 is 27.0. The van der Waals surface area contributed by atoms with Gasteiger partial charge in [0.25, 0.3) is 0 Å². The maximum absolute atomic E-state index is 13.5. The summed E-state index contributed by atoms with van der Waals surface area (Å²) in [4.78, 5) is 25.7. The number of thioether (sulfide) groups is 1. The van der Waals surface area contributed by atoms with Crippen molar-refractivity contribution in [3.8, 4) is 0 Å². The van der Waals surface area contributed by atoms with Crippen molar-refractivity contribution in [2.45, 2.75) is 25.0 Å². The molecule has 3 aromatic rings. The quantitative estimate of drug-likeness (QED) is 0.397. The van der Waals surface area contributed by atoms with Gasteiger partial charge in [-0.2, -0.15) is 0 Å². The maximum atomic E-state index is 13.5. The van der Waals surface area contributed by atoms with Crippen molar-refractivity contribution in [2.75, 3.05) is 31.9 Å². The van der Waals surface area contributed by atoms with Gasteiger partial charge in [-0.3, -0.25) is 9.69 Å².